The highest BCUT2D eigenvalue weighted by molar-refractivity contribution is 5.68. The fraction of sp³-hybridized carbons (Fsp3) is 0.286. The molecule has 0 saturated carbocycles. The number of amides is 1. The van der Waals surface area contributed by atoms with Crippen LogP contribution in [0.5, 0.6) is 5.75 Å². The maximum Gasteiger partial charge on any atom is 0.408 e. The molecule has 0 spiro atoms. The van der Waals surface area contributed by atoms with E-state index in [2.05, 4.69) is 17.2 Å². The highest BCUT2D eigenvalue weighted by Gasteiger charge is 2.14. The number of benzene rings is 2. The van der Waals surface area contributed by atoms with Gasteiger partial charge < -0.3 is 14.8 Å². The molecule has 0 heterocycles. The molecular formula is C21H23NO3. The van der Waals surface area contributed by atoms with Crippen LogP contribution >= 0.6 is 0 Å². The number of nitrogens with one attached hydrogen (secondary N) is 1. The van der Waals surface area contributed by atoms with Crippen LogP contribution < -0.4 is 10.1 Å². The van der Waals surface area contributed by atoms with Crippen molar-refractivity contribution in [3.63, 3.8) is 0 Å². The van der Waals surface area contributed by atoms with E-state index in [4.69, 9.17) is 9.47 Å². The van der Waals surface area contributed by atoms with Crippen molar-refractivity contribution in [3.8, 4) is 17.6 Å². The van der Waals surface area contributed by atoms with Crippen LogP contribution in [0.4, 0.5) is 4.79 Å². The third kappa shape index (κ3) is 7.45. The molecule has 130 valence electrons. The van der Waals surface area contributed by atoms with Gasteiger partial charge in [-0.25, -0.2) is 4.79 Å². The highest BCUT2D eigenvalue weighted by atomic mass is 16.6. The van der Waals surface area contributed by atoms with Crippen molar-refractivity contribution < 1.29 is 14.3 Å². The number of carbonyl (C=O) groups excluding carboxylic acids is 1. The molecule has 2 aromatic rings. The largest absolute Gasteiger partial charge is 0.489 e. The van der Waals surface area contributed by atoms with E-state index < -0.39 is 11.7 Å². The summed E-state index contributed by atoms with van der Waals surface area (Å²) >= 11 is 0. The number of alkyl carbamates (subject to hydrolysis) is 1. The number of hydrogen-bond donors (Lipinski definition) is 1. The normalized spacial score (nSPS) is 10.4. The zero-order valence-electron chi connectivity index (χ0n) is 14.8. The first-order valence-corrected chi connectivity index (χ1v) is 8.15. The Labute approximate surface area is 149 Å². The molecule has 4 heteroatoms. The Morgan fingerprint density at radius 1 is 1.08 bits per heavy atom. The van der Waals surface area contributed by atoms with Crippen molar-refractivity contribution in [2.45, 2.75) is 33.0 Å². The minimum absolute atomic E-state index is 0.226. The smallest absolute Gasteiger partial charge is 0.408 e. The molecule has 4 nitrogen and oxygen atoms in total. The van der Waals surface area contributed by atoms with Crippen LogP contribution in [0.25, 0.3) is 0 Å². The second-order valence-corrected chi connectivity index (χ2v) is 6.46. The molecule has 2 aromatic carbocycles. The van der Waals surface area contributed by atoms with Gasteiger partial charge in [0.15, 0.2) is 0 Å². The van der Waals surface area contributed by atoms with E-state index in [1.807, 2.05) is 75.4 Å². The minimum Gasteiger partial charge on any atom is -0.489 e. The van der Waals surface area contributed by atoms with Gasteiger partial charge in [-0.1, -0.05) is 48.2 Å². The molecule has 0 aliphatic rings. The highest BCUT2D eigenvalue weighted by Crippen LogP contribution is 2.14. The quantitative estimate of drug-likeness (QED) is 0.853. The summed E-state index contributed by atoms with van der Waals surface area (Å²) in [6.07, 6.45) is -0.471. The van der Waals surface area contributed by atoms with Gasteiger partial charge in [0.25, 0.3) is 0 Å². The third-order valence-electron chi connectivity index (χ3n) is 3.04. The van der Waals surface area contributed by atoms with Gasteiger partial charge in [-0.2, -0.15) is 0 Å². The van der Waals surface area contributed by atoms with Crippen LogP contribution in [0.15, 0.2) is 54.6 Å². The minimum atomic E-state index is -0.512. The van der Waals surface area contributed by atoms with Crippen molar-refractivity contribution in [3.05, 3.63) is 65.7 Å². The summed E-state index contributed by atoms with van der Waals surface area (Å²) in [5.74, 6) is 6.66. The zero-order chi connectivity index (χ0) is 18.1. The molecule has 1 amide bonds. The summed E-state index contributed by atoms with van der Waals surface area (Å²) in [5.41, 5.74) is 1.43. The van der Waals surface area contributed by atoms with Gasteiger partial charge in [-0.05, 0) is 44.5 Å². The van der Waals surface area contributed by atoms with E-state index in [0.29, 0.717) is 6.61 Å². The lowest BCUT2D eigenvalue weighted by atomic mass is 10.2. The van der Waals surface area contributed by atoms with Gasteiger partial charge in [0.05, 0.1) is 6.54 Å². The maximum absolute atomic E-state index is 11.5. The van der Waals surface area contributed by atoms with Crippen LogP contribution in [-0.2, 0) is 11.3 Å². The summed E-state index contributed by atoms with van der Waals surface area (Å²) in [6, 6.07) is 17.6. The third-order valence-corrected chi connectivity index (χ3v) is 3.04. The average molecular weight is 337 g/mol. The van der Waals surface area contributed by atoms with E-state index >= 15 is 0 Å². The van der Waals surface area contributed by atoms with Crippen molar-refractivity contribution in [1.29, 1.82) is 0 Å². The first kappa shape index (κ1) is 18.4. The van der Waals surface area contributed by atoms with Crippen molar-refractivity contribution in [2.24, 2.45) is 0 Å². The molecule has 0 fully saturated rings. The molecule has 1 N–H and O–H groups in total. The molecule has 0 unspecified atom stereocenters. The first-order chi connectivity index (χ1) is 11.9. The number of ether oxygens (including phenoxy) is 2. The lowest BCUT2D eigenvalue weighted by Crippen LogP contribution is -2.32. The standard InChI is InChI=1S/C21H23NO3/c1-21(2,3)25-20(23)22-14-8-12-17-11-7-13-19(15-17)24-16-18-9-5-4-6-10-18/h4-7,9-11,13,15H,14,16H2,1-3H3,(H,22,23). The number of rotatable bonds is 4. The fourth-order valence-electron chi connectivity index (χ4n) is 1.98. The maximum atomic E-state index is 11.5. The fourth-order valence-corrected chi connectivity index (χ4v) is 1.98. The summed E-state index contributed by atoms with van der Waals surface area (Å²) in [5, 5.41) is 2.60. The van der Waals surface area contributed by atoms with Crippen molar-refractivity contribution >= 4 is 6.09 Å². The van der Waals surface area contributed by atoms with E-state index in [9.17, 15) is 4.79 Å². The summed E-state index contributed by atoms with van der Waals surface area (Å²) in [4.78, 5) is 11.5. The van der Waals surface area contributed by atoms with E-state index in [1.165, 1.54) is 0 Å². The van der Waals surface area contributed by atoms with Gasteiger partial charge >= 0.3 is 6.09 Å². The van der Waals surface area contributed by atoms with Crippen LogP contribution in [-0.4, -0.2) is 18.2 Å². The molecule has 25 heavy (non-hydrogen) atoms. The molecule has 0 radical (unpaired) electrons. The average Bonchev–Trinajstić information content (AvgIpc) is 2.57. The summed E-state index contributed by atoms with van der Waals surface area (Å²) in [7, 11) is 0. The first-order valence-electron chi connectivity index (χ1n) is 8.15. The Bertz CT molecular complexity index is 752. The monoisotopic (exact) mass is 337 g/mol. The second-order valence-electron chi connectivity index (χ2n) is 6.46. The van der Waals surface area contributed by atoms with Crippen LogP contribution in [0.2, 0.25) is 0 Å². The Morgan fingerprint density at radius 2 is 1.84 bits per heavy atom. The number of hydrogen-bond acceptors (Lipinski definition) is 3. The van der Waals surface area contributed by atoms with Gasteiger partial charge in [0.2, 0.25) is 0 Å². The van der Waals surface area contributed by atoms with Gasteiger partial charge in [0.1, 0.15) is 18.0 Å². The second kappa shape index (κ2) is 8.79. The van der Waals surface area contributed by atoms with Gasteiger partial charge in [0, 0.05) is 5.56 Å². The van der Waals surface area contributed by atoms with E-state index in [-0.39, 0.29) is 6.54 Å². The van der Waals surface area contributed by atoms with Crippen LogP contribution in [0, 0.1) is 11.8 Å². The topological polar surface area (TPSA) is 47.6 Å². The zero-order valence-corrected chi connectivity index (χ0v) is 14.8. The molecule has 2 rings (SSSR count). The van der Waals surface area contributed by atoms with E-state index in [1.54, 1.807) is 0 Å². The van der Waals surface area contributed by atoms with Gasteiger partial charge in [-0.15, -0.1) is 0 Å². The predicted octanol–water partition coefficient (Wildman–Crippen LogP) is 4.14. The van der Waals surface area contributed by atoms with Crippen LogP contribution in [0.1, 0.15) is 31.9 Å². The van der Waals surface area contributed by atoms with Gasteiger partial charge in [-0.3, -0.25) is 0 Å². The van der Waals surface area contributed by atoms with Crippen molar-refractivity contribution in [1.82, 2.24) is 5.32 Å². The SMILES string of the molecule is CC(C)(C)OC(=O)NCC#Cc1cccc(OCc2ccccc2)c1. The molecule has 0 saturated heterocycles. The molecular weight excluding hydrogens is 314 g/mol. The van der Waals surface area contributed by atoms with Crippen molar-refractivity contribution in [2.75, 3.05) is 6.54 Å². The number of carbonyl (C=O) groups is 1. The molecule has 0 aromatic heterocycles. The lowest BCUT2D eigenvalue weighted by Gasteiger charge is -2.19. The summed E-state index contributed by atoms with van der Waals surface area (Å²) in [6.45, 7) is 6.19. The Balaban J connectivity index is 1.84. The Kier molecular flexibility index (Phi) is 6.47. The van der Waals surface area contributed by atoms with Crippen LogP contribution in [0.3, 0.4) is 0 Å². The lowest BCUT2D eigenvalue weighted by molar-refractivity contribution is 0.0535. The Morgan fingerprint density at radius 3 is 2.56 bits per heavy atom. The predicted molar refractivity (Wildman–Crippen MR) is 98.3 cm³/mol. The molecule has 0 bridgehead atoms. The molecule has 0 aliphatic heterocycles. The summed E-state index contributed by atoms with van der Waals surface area (Å²) < 4.78 is 10.9. The molecule has 0 atom stereocenters. The Hall–Kier alpha value is -2.93. The van der Waals surface area contributed by atoms with E-state index in [0.717, 1.165) is 16.9 Å². The molecule has 0 aliphatic carbocycles.